The minimum Gasteiger partial charge on any atom is -0.487 e. The molecule has 0 radical (unpaired) electrons. The van der Waals surface area contributed by atoms with Crippen molar-refractivity contribution < 1.29 is 14.3 Å². The molecule has 0 bridgehead atoms. The number of thioether (sulfide) groups is 1. The Balaban J connectivity index is 1.32. The molecule has 4 nitrogen and oxygen atoms in total. The molecule has 36 heavy (non-hydrogen) atoms. The molecule has 0 spiro atoms. The number of halogens is 2. The van der Waals surface area contributed by atoms with Crippen molar-refractivity contribution in [2.24, 2.45) is 0 Å². The van der Waals surface area contributed by atoms with E-state index in [4.69, 9.17) is 4.74 Å². The first-order chi connectivity index (χ1) is 17.4. The number of hydrogen-bond donors (Lipinski definition) is 0. The van der Waals surface area contributed by atoms with Gasteiger partial charge in [0.1, 0.15) is 12.4 Å². The van der Waals surface area contributed by atoms with Gasteiger partial charge in [-0.3, -0.25) is 14.5 Å². The van der Waals surface area contributed by atoms with Crippen LogP contribution in [-0.4, -0.2) is 16.0 Å². The molecule has 4 aromatic rings. The molecule has 0 unspecified atom stereocenters. The van der Waals surface area contributed by atoms with Crippen LogP contribution in [0.15, 0.2) is 92.7 Å². The van der Waals surface area contributed by atoms with Gasteiger partial charge < -0.3 is 4.74 Å². The number of carbonyl (C=O) groups is 2. The zero-order chi connectivity index (χ0) is 25.2. The molecule has 1 fully saturated rings. The Morgan fingerprint density at radius 2 is 1.61 bits per heavy atom. The molecule has 0 aromatic heterocycles. The third-order valence-electron chi connectivity index (χ3n) is 5.81. The molecule has 0 N–H and O–H groups in total. The number of imide groups is 1. The number of nitrogens with zero attached hydrogens (tertiary/aromatic N) is 1. The third kappa shape index (κ3) is 5.43. The van der Waals surface area contributed by atoms with Gasteiger partial charge in [0.25, 0.3) is 11.1 Å². The van der Waals surface area contributed by atoms with Gasteiger partial charge in [-0.15, -0.1) is 0 Å². The number of benzene rings is 4. The van der Waals surface area contributed by atoms with E-state index < -0.39 is 0 Å². The molecule has 0 aliphatic carbocycles. The summed E-state index contributed by atoms with van der Waals surface area (Å²) < 4.78 is 7.55. The largest absolute Gasteiger partial charge is 0.487 e. The lowest BCUT2D eigenvalue weighted by Gasteiger charge is -2.13. The predicted molar refractivity (Wildman–Crippen MR) is 153 cm³/mol. The summed E-state index contributed by atoms with van der Waals surface area (Å²) in [4.78, 5) is 27.4. The lowest BCUT2D eigenvalue weighted by atomic mass is 10.1. The molecule has 4 aromatic carbocycles. The Morgan fingerprint density at radius 3 is 2.36 bits per heavy atom. The smallest absolute Gasteiger partial charge is 0.293 e. The highest BCUT2D eigenvalue weighted by Gasteiger charge is 2.35. The number of carbonyl (C=O) groups excluding carboxylic acids is 2. The molecule has 0 saturated carbocycles. The average Bonchev–Trinajstić information content (AvgIpc) is 3.11. The van der Waals surface area contributed by atoms with E-state index in [1.807, 2.05) is 79.7 Å². The van der Waals surface area contributed by atoms with Crippen molar-refractivity contribution in [2.75, 3.05) is 0 Å². The second kappa shape index (κ2) is 10.6. The lowest BCUT2D eigenvalue weighted by Crippen LogP contribution is -2.27. The Hall–Kier alpha value is -2.87. The molecule has 1 aliphatic rings. The van der Waals surface area contributed by atoms with Gasteiger partial charge in [0.15, 0.2) is 0 Å². The zero-order valence-electron chi connectivity index (χ0n) is 19.3. The Labute approximate surface area is 230 Å². The monoisotopic (exact) mass is 621 g/mol. The molecular formula is C29H21Br2NO3S. The summed E-state index contributed by atoms with van der Waals surface area (Å²) in [5, 5.41) is 1.94. The number of hydrogen-bond acceptors (Lipinski definition) is 4. The Kier molecular flexibility index (Phi) is 7.32. The highest BCUT2D eigenvalue weighted by atomic mass is 79.9. The molecule has 1 heterocycles. The second-order valence-electron chi connectivity index (χ2n) is 8.54. The summed E-state index contributed by atoms with van der Waals surface area (Å²) in [7, 11) is 0. The number of fused-ring (bicyclic) bond motifs is 1. The molecule has 1 aliphatic heterocycles. The summed E-state index contributed by atoms with van der Waals surface area (Å²) >= 11 is 8.13. The first-order valence-electron chi connectivity index (χ1n) is 11.3. The SMILES string of the molecule is Cc1cccc(COc2c(Br)cc(/C=C3\SC(=O)N(Cc4ccc5ccccc5c4)C3=O)cc2Br)c1. The quantitative estimate of drug-likeness (QED) is 0.202. The van der Waals surface area contributed by atoms with E-state index in [0.717, 1.165) is 48.2 Å². The van der Waals surface area contributed by atoms with Crippen molar-refractivity contribution >= 4 is 71.6 Å². The van der Waals surface area contributed by atoms with Crippen molar-refractivity contribution in [3.05, 3.63) is 115 Å². The fourth-order valence-corrected chi connectivity index (χ4v) is 6.35. The van der Waals surface area contributed by atoms with E-state index >= 15 is 0 Å². The lowest BCUT2D eigenvalue weighted by molar-refractivity contribution is -0.123. The molecule has 180 valence electrons. The van der Waals surface area contributed by atoms with E-state index in [1.165, 1.54) is 10.5 Å². The second-order valence-corrected chi connectivity index (χ2v) is 11.2. The van der Waals surface area contributed by atoms with Gasteiger partial charge in [-0.25, -0.2) is 0 Å². The van der Waals surface area contributed by atoms with E-state index in [9.17, 15) is 9.59 Å². The van der Waals surface area contributed by atoms with Gasteiger partial charge in [-0.1, -0.05) is 66.2 Å². The highest BCUT2D eigenvalue weighted by Crippen LogP contribution is 2.38. The van der Waals surface area contributed by atoms with Gasteiger partial charge >= 0.3 is 0 Å². The molecule has 2 amide bonds. The minimum absolute atomic E-state index is 0.242. The van der Waals surface area contributed by atoms with E-state index in [-0.39, 0.29) is 17.7 Å². The molecule has 7 heteroatoms. The zero-order valence-corrected chi connectivity index (χ0v) is 23.3. The Morgan fingerprint density at radius 1 is 0.861 bits per heavy atom. The van der Waals surface area contributed by atoms with E-state index in [1.54, 1.807) is 6.08 Å². The average molecular weight is 623 g/mol. The van der Waals surface area contributed by atoms with Crippen LogP contribution in [-0.2, 0) is 17.9 Å². The van der Waals surface area contributed by atoms with Gasteiger partial charge in [-0.2, -0.15) is 0 Å². The Bertz CT molecular complexity index is 1510. The van der Waals surface area contributed by atoms with Crippen molar-refractivity contribution in [3.8, 4) is 5.75 Å². The molecule has 5 rings (SSSR count). The summed E-state index contributed by atoms with van der Waals surface area (Å²) in [5.41, 5.74) is 3.96. The maximum Gasteiger partial charge on any atom is 0.293 e. The maximum atomic E-state index is 13.1. The summed E-state index contributed by atoms with van der Waals surface area (Å²) in [6.07, 6.45) is 1.74. The van der Waals surface area contributed by atoms with Crippen LogP contribution in [0.4, 0.5) is 4.79 Å². The minimum atomic E-state index is -0.287. The van der Waals surface area contributed by atoms with Gasteiger partial charge in [-0.05, 0) is 102 Å². The number of ether oxygens (including phenoxy) is 1. The third-order valence-corrected chi connectivity index (χ3v) is 7.90. The van der Waals surface area contributed by atoms with E-state index in [0.29, 0.717) is 17.3 Å². The summed E-state index contributed by atoms with van der Waals surface area (Å²) in [6, 6.07) is 26.0. The fourth-order valence-electron chi connectivity index (χ4n) is 4.07. The fraction of sp³-hybridized carbons (Fsp3) is 0.103. The highest BCUT2D eigenvalue weighted by molar-refractivity contribution is 9.11. The number of aryl methyl sites for hydroxylation is 1. The molecular weight excluding hydrogens is 602 g/mol. The van der Waals surface area contributed by atoms with Crippen LogP contribution < -0.4 is 4.74 Å². The van der Waals surface area contributed by atoms with Crippen LogP contribution in [0.2, 0.25) is 0 Å². The maximum absolute atomic E-state index is 13.1. The van der Waals surface area contributed by atoms with Crippen LogP contribution in [0.5, 0.6) is 5.75 Å². The van der Waals surface area contributed by atoms with Gasteiger partial charge in [0.2, 0.25) is 0 Å². The summed E-state index contributed by atoms with van der Waals surface area (Å²) in [6.45, 7) is 2.73. The van der Waals surface area contributed by atoms with Crippen molar-refractivity contribution in [2.45, 2.75) is 20.1 Å². The topological polar surface area (TPSA) is 46.6 Å². The molecule has 1 saturated heterocycles. The first kappa shape index (κ1) is 24.8. The van der Waals surface area contributed by atoms with Crippen LogP contribution >= 0.6 is 43.6 Å². The van der Waals surface area contributed by atoms with Crippen molar-refractivity contribution in [3.63, 3.8) is 0 Å². The van der Waals surface area contributed by atoms with Gasteiger partial charge in [0.05, 0.1) is 20.4 Å². The van der Waals surface area contributed by atoms with E-state index in [2.05, 4.69) is 37.9 Å². The van der Waals surface area contributed by atoms with Crippen LogP contribution in [0.25, 0.3) is 16.8 Å². The van der Waals surface area contributed by atoms with Crippen molar-refractivity contribution in [1.82, 2.24) is 4.90 Å². The standard InChI is InChI=1S/C29H21Br2NO3S/c1-18-5-4-6-20(11-18)17-35-27-24(30)13-21(14-25(27)31)15-26-28(33)32(29(34)36-26)16-19-9-10-22-7-2-3-8-23(22)12-19/h2-15H,16-17H2,1H3/b26-15-. The number of rotatable bonds is 6. The van der Waals surface area contributed by atoms with Crippen molar-refractivity contribution in [1.29, 1.82) is 0 Å². The predicted octanol–water partition coefficient (Wildman–Crippen LogP) is 8.49. The summed E-state index contributed by atoms with van der Waals surface area (Å²) in [5.74, 6) is 0.392. The van der Waals surface area contributed by atoms with Gasteiger partial charge in [0, 0.05) is 0 Å². The van der Waals surface area contributed by atoms with Crippen LogP contribution in [0.1, 0.15) is 22.3 Å². The number of amides is 2. The normalized spacial score (nSPS) is 14.8. The molecule has 0 atom stereocenters. The van der Waals surface area contributed by atoms with Crippen LogP contribution in [0.3, 0.4) is 0 Å². The van der Waals surface area contributed by atoms with Crippen LogP contribution in [0, 0.1) is 6.92 Å². The first-order valence-corrected chi connectivity index (χ1v) is 13.7.